The smallest absolute Gasteiger partial charge is 0.271 e. The number of rotatable bonds is 1. The van der Waals surface area contributed by atoms with Crippen LogP contribution in [-0.2, 0) is 0 Å². The lowest BCUT2D eigenvalue weighted by Gasteiger charge is -2.01. The number of aromatic amines is 1. The van der Waals surface area contributed by atoms with E-state index >= 15 is 0 Å². The molecule has 0 saturated carbocycles. The molecule has 0 atom stereocenters. The summed E-state index contributed by atoms with van der Waals surface area (Å²) in [4.78, 5) is 25.1. The molecule has 0 radical (unpaired) electrons. The van der Waals surface area contributed by atoms with Crippen LogP contribution in [0.2, 0.25) is 0 Å². The lowest BCUT2D eigenvalue weighted by Crippen LogP contribution is -2.18. The van der Waals surface area contributed by atoms with Crippen molar-refractivity contribution in [2.75, 3.05) is 0 Å². The van der Waals surface area contributed by atoms with Gasteiger partial charge in [-0.05, 0) is 38.5 Å². The van der Waals surface area contributed by atoms with Crippen molar-refractivity contribution in [1.29, 1.82) is 0 Å². The summed E-state index contributed by atoms with van der Waals surface area (Å²) < 4.78 is 1.34. The van der Waals surface area contributed by atoms with Gasteiger partial charge in [0.05, 0.1) is 5.39 Å². The average Bonchev–Trinajstić information content (AvgIpc) is 2.67. The quantitative estimate of drug-likeness (QED) is 0.713. The fourth-order valence-electron chi connectivity index (χ4n) is 2.13. The fraction of sp³-hybridized carbons (Fsp3) is 0.231. The van der Waals surface area contributed by atoms with Crippen molar-refractivity contribution in [1.82, 2.24) is 24.7 Å². The number of aryl methyl sites for hydroxylation is 3. The number of nitrogens with zero attached hydrogens (tertiary/aromatic N) is 4. The number of H-pyrrole nitrogens is 1. The van der Waals surface area contributed by atoms with Gasteiger partial charge in [0.15, 0.2) is 5.65 Å². The second kappa shape index (κ2) is 4.01. The molecule has 0 aromatic carbocycles. The SMILES string of the molecule is Cc1cc(C)nc(-n2[nH]c3nccc(C)c3c2=O)n1. The number of aromatic nitrogens is 5. The van der Waals surface area contributed by atoms with Crippen molar-refractivity contribution in [3.05, 3.63) is 45.6 Å². The molecule has 0 amide bonds. The highest BCUT2D eigenvalue weighted by Crippen LogP contribution is 2.11. The highest BCUT2D eigenvalue weighted by atomic mass is 16.1. The third kappa shape index (κ3) is 1.81. The van der Waals surface area contributed by atoms with Gasteiger partial charge < -0.3 is 0 Å². The molecule has 0 saturated heterocycles. The Labute approximate surface area is 109 Å². The molecular formula is C13H13N5O. The van der Waals surface area contributed by atoms with Crippen molar-refractivity contribution in [3.8, 4) is 5.95 Å². The molecule has 1 N–H and O–H groups in total. The highest BCUT2D eigenvalue weighted by Gasteiger charge is 2.13. The Morgan fingerprint density at radius 3 is 2.47 bits per heavy atom. The van der Waals surface area contributed by atoms with E-state index in [2.05, 4.69) is 20.1 Å². The number of fused-ring (bicyclic) bond motifs is 1. The molecule has 96 valence electrons. The summed E-state index contributed by atoms with van der Waals surface area (Å²) in [5, 5.41) is 3.52. The predicted octanol–water partition coefficient (Wildman–Crippen LogP) is 1.43. The third-order valence-electron chi connectivity index (χ3n) is 2.96. The minimum Gasteiger partial charge on any atom is -0.271 e. The number of hydrogen-bond acceptors (Lipinski definition) is 4. The van der Waals surface area contributed by atoms with Crippen molar-refractivity contribution in [3.63, 3.8) is 0 Å². The van der Waals surface area contributed by atoms with Gasteiger partial charge in [-0.15, -0.1) is 0 Å². The molecule has 6 heteroatoms. The molecule has 0 bridgehead atoms. The van der Waals surface area contributed by atoms with Crippen LogP contribution in [0, 0.1) is 20.8 Å². The van der Waals surface area contributed by atoms with Gasteiger partial charge in [0.1, 0.15) is 0 Å². The molecule has 0 fully saturated rings. The predicted molar refractivity (Wildman–Crippen MR) is 71.5 cm³/mol. The number of nitrogens with one attached hydrogen (secondary N) is 1. The number of hydrogen-bond donors (Lipinski definition) is 1. The van der Waals surface area contributed by atoms with E-state index in [0.717, 1.165) is 17.0 Å². The summed E-state index contributed by atoms with van der Waals surface area (Å²) >= 11 is 0. The molecule has 3 aromatic heterocycles. The first kappa shape index (κ1) is 11.6. The molecule has 0 aliphatic rings. The van der Waals surface area contributed by atoms with Crippen molar-refractivity contribution in [2.24, 2.45) is 0 Å². The first-order valence-corrected chi connectivity index (χ1v) is 5.95. The van der Waals surface area contributed by atoms with E-state index in [4.69, 9.17) is 0 Å². The Kier molecular flexibility index (Phi) is 2.45. The van der Waals surface area contributed by atoms with Gasteiger partial charge in [-0.1, -0.05) is 0 Å². The van der Waals surface area contributed by atoms with Crippen molar-refractivity contribution < 1.29 is 0 Å². The van der Waals surface area contributed by atoms with E-state index in [-0.39, 0.29) is 5.56 Å². The molecule has 0 aliphatic carbocycles. The minimum absolute atomic E-state index is 0.175. The van der Waals surface area contributed by atoms with Crippen LogP contribution in [-0.4, -0.2) is 24.7 Å². The van der Waals surface area contributed by atoms with Crippen LogP contribution in [0.1, 0.15) is 17.0 Å². The van der Waals surface area contributed by atoms with Crippen molar-refractivity contribution >= 4 is 11.0 Å². The van der Waals surface area contributed by atoms with E-state index in [9.17, 15) is 4.79 Å². The Bertz CT molecular complexity index is 810. The zero-order valence-corrected chi connectivity index (χ0v) is 10.9. The monoisotopic (exact) mass is 255 g/mol. The third-order valence-corrected chi connectivity index (χ3v) is 2.96. The van der Waals surface area contributed by atoms with Crippen LogP contribution in [0.5, 0.6) is 0 Å². The van der Waals surface area contributed by atoms with Crippen LogP contribution in [0.3, 0.4) is 0 Å². The summed E-state index contributed by atoms with van der Waals surface area (Å²) in [7, 11) is 0. The summed E-state index contributed by atoms with van der Waals surface area (Å²) in [5.41, 5.74) is 2.89. The van der Waals surface area contributed by atoms with Crippen molar-refractivity contribution in [2.45, 2.75) is 20.8 Å². The van der Waals surface area contributed by atoms with E-state index in [0.29, 0.717) is 17.0 Å². The van der Waals surface area contributed by atoms with Crippen LogP contribution in [0.4, 0.5) is 0 Å². The van der Waals surface area contributed by atoms with Crippen LogP contribution >= 0.6 is 0 Å². The molecular weight excluding hydrogens is 242 g/mol. The second-order valence-corrected chi connectivity index (χ2v) is 4.55. The minimum atomic E-state index is -0.175. The molecule has 0 spiro atoms. The molecule has 6 nitrogen and oxygen atoms in total. The van der Waals surface area contributed by atoms with E-state index in [1.165, 1.54) is 4.68 Å². The Morgan fingerprint density at radius 2 is 1.84 bits per heavy atom. The normalized spacial score (nSPS) is 11.1. The summed E-state index contributed by atoms with van der Waals surface area (Å²) in [6.07, 6.45) is 1.67. The van der Waals surface area contributed by atoms with Gasteiger partial charge in [0.2, 0.25) is 0 Å². The van der Waals surface area contributed by atoms with Crippen LogP contribution in [0.25, 0.3) is 17.0 Å². The summed E-state index contributed by atoms with van der Waals surface area (Å²) in [6, 6.07) is 3.67. The molecule has 0 aliphatic heterocycles. The van der Waals surface area contributed by atoms with Gasteiger partial charge in [0, 0.05) is 17.6 Å². The van der Waals surface area contributed by atoms with Gasteiger partial charge in [-0.2, -0.15) is 4.68 Å². The maximum atomic E-state index is 12.4. The first-order chi connectivity index (χ1) is 9.06. The first-order valence-electron chi connectivity index (χ1n) is 5.95. The molecule has 19 heavy (non-hydrogen) atoms. The fourth-order valence-corrected chi connectivity index (χ4v) is 2.13. The topological polar surface area (TPSA) is 76.5 Å². The van der Waals surface area contributed by atoms with Gasteiger partial charge in [-0.25, -0.2) is 15.0 Å². The average molecular weight is 255 g/mol. The summed E-state index contributed by atoms with van der Waals surface area (Å²) in [5.74, 6) is 0.347. The van der Waals surface area contributed by atoms with Gasteiger partial charge >= 0.3 is 0 Å². The standard InChI is InChI=1S/C13H13N5O/c1-7-4-5-14-11-10(7)12(19)18(17-11)13-15-8(2)6-9(3)16-13/h4-6H,1-3H3,(H,14,17). The molecule has 3 heterocycles. The van der Waals surface area contributed by atoms with Gasteiger partial charge in [-0.3, -0.25) is 9.89 Å². The second-order valence-electron chi connectivity index (χ2n) is 4.55. The molecule has 0 unspecified atom stereocenters. The zero-order chi connectivity index (χ0) is 13.6. The maximum absolute atomic E-state index is 12.4. The Balaban J connectivity index is 2.34. The highest BCUT2D eigenvalue weighted by molar-refractivity contribution is 5.77. The molecule has 3 aromatic rings. The Hall–Kier alpha value is -2.50. The zero-order valence-electron chi connectivity index (χ0n) is 10.9. The van der Waals surface area contributed by atoms with E-state index in [1.807, 2.05) is 32.9 Å². The number of pyridine rings is 1. The van der Waals surface area contributed by atoms with Crippen LogP contribution < -0.4 is 5.56 Å². The Morgan fingerprint density at radius 1 is 1.16 bits per heavy atom. The van der Waals surface area contributed by atoms with E-state index in [1.54, 1.807) is 6.20 Å². The van der Waals surface area contributed by atoms with Gasteiger partial charge in [0.25, 0.3) is 11.5 Å². The molecule has 3 rings (SSSR count). The van der Waals surface area contributed by atoms with Crippen LogP contribution in [0.15, 0.2) is 23.1 Å². The summed E-state index contributed by atoms with van der Waals surface area (Å²) in [6.45, 7) is 5.62. The largest absolute Gasteiger partial charge is 0.283 e. The lowest BCUT2D eigenvalue weighted by molar-refractivity contribution is 0.778. The lowest BCUT2D eigenvalue weighted by atomic mass is 10.2. The maximum Gasteiger partial charge on any atom is 0.283 e. The van der Waals surface area contributed by atoms with E-state index < -0.39 is 0 Å².